The van der Waals surface area contributed by atoms with Crippen molar-refractivity contribution in [3.63, 3.8) is 0 Å². The van der Waals surface area contributed by atoms with Gasteiger partial charge < -0.3 is 40.5 Å². The Morgan fingerprint density at radius 3 is 0.538 bits per heavy atom. The average Bonchev–Trinajstić information content (AvgIpc) is 1.92. The normalized spacial score (nSPS) is 3.69. The van der Waals surface area contributed by atoms with Gasteiger partial charge in [0.2, 0.25) is 0 Å². The van der Waals surface area contributed by atoms with E-state index >= 15 is 0 Å². The van der Waals surface area contributed by atoms with Gasteiger partial charge in [-0.3, -0.25) is 0 Å². The molecule has 0 aromatic carbocycles. The molecule has 0 saturated heterocycles. The summed E-state index contributed by atoms with van der Waals surface area (Å²) in [4.78, 5) is 32.0. The SMILES string of the molecule is O=N[O-].O=N[O-].O=N[O-].O=N[O-].[Pd]. The van der Waals surface area contributed by atoms with Crippen molar-refractivity contribution in [3.8, 4) is 0 Å². The standard InChI is InChI=1S/4HNO2.Pd/c4*2-1-3;/h4*(H,2,3);/p-4. The van der Waals surface area contributed by atoms with E-state index in [2.05, 4.69) is 0 Å². The summed E-state index contributed by atoms with van der Waals surface area (Å²) in [6.07, 6.45) is 0. The summed E-state index contributed by atoms with van der Waals surface area (Å²) < 4.78 is 0. The van der Waals surface area contributed by atoms with Gasteiger partial charge in [0.1, 0.15) is 0 Å². The van der Waals surface area contributed by atoms with E-state index in [4.69, 9.17) is 40.5 Å². The molecule has 13 heavy (non-hydrogen) atoms. The molecular formula is N4O8Pd-4. The fraction of sp³-hybridized carbons (Fsp3) is 0. The first-order chi connectivity index (χ1) is 5.66. The molecule has 0 aliphatic rings. The van der Waals surface area contributed by atoms with Crippen molar-refractivity contribution in [1.82, 2.24) is 0 Å². The summed E-state index contributed by atoms with van der Waals surface area (Å²) in [6.45, 7) is 0. The number of hydrogen-bond donors (Lipinski definition) is 0. The summed E-state index contributed by atoms with van der Waals surface area (Å²) in [7, 11) is 0. The minimum Gasteiger partial charge on any atom is -0.444 e. The van der Waals surface area contributed by atoms with Gasteiger partial charge in [0.15, 0.2) is 0 Å². The molecule has 13 heteroatoms. The van der Waals surface area contributed by atoms with Crippen molar-refractivity contribution >= 4 is 0 Å². The Balaban J connectivity index is -0.0000000213. The third-order valence-corrected chi connectivity index (χ3v) is 0. The van der Waals surface area contributed by atoms with Crippen LogP contribution in [0.15, 0.2) is 21.4 Å². The molecular weight excluding hydrogens is 290 g/mol. The fourth-order valence-electron chi connectivity index (χ4n) is 0. The molecule has 0 bridgehead atoms. The van der Waals surface area contributed by atoms with Crippen LogP contribution in [0.3, 0.4) is 0 Å². The van der Waals surface area contributed by atoms with Crippen LogP contribution in [0, 0.1) is 40.5 Å². The van der Waals surface area contributed by atoms with Gasteiger partial charge in [0, 0.05) is 20.4 Å². The number of nitrogens with zero attached hydrogens (tertiary/aromatic N) is 4. The molecule has 0 saturated carbocycles. The van der Waals surface area contributed by atoms with Gasteiger partial charge in [-0.2, -0.15) is 0 Å². The van der Waals surface area contributed by atoms with Crippen LogP contribution in [0.5, 0.6) is 0 Å². The number of rotatable bonds is 0. The van der Waals surface area contributed by atoms with Crippen molar-refractivity contribution in [3.05, 3.63) is 40.5 Å². The van der Waals surface area contributed by atoms with Crippen LogP contribution in [0.2, 0.25) is 0 Å². The van der Waals surface area contributed by atoms with E-state index in [0.29, 0.717) is 0 Å². The van der Waals surface area contributed by atoms with Crippen LogP contribution in [0.4, 0.5) is 0 Å². The zero-order valence-electron chi connectivity index (χ0n) is 5.37. The second kappa shape index (κ2) is 172. The first-order valence-corrected chi connectivity index (χ1v) is 1.46. The topological polar surface area (TPSA) is 210 Å². The Morgan fingerprint density at radius 1 is 0.538 bits per heavy atom. The second-order valence-electron chi connectivity index (χ2n) is 0.298. The predicted molar refractivity (Wildman–Crippen MR) is 36.6 cm³/mol. The number of hydrogen-bond acceptors (Lipinski definition) is 12. The molecule has 12 nitrogen and oxygen atoms in total. The molecule has 0 rings (SSSR count). The van der Waals surface area contributed by atoms with Gasteiger partial charge >= 0.3 is 0 Å². The van der Waals surface area contributed by atoms with Gasteiger partial charge in [0.25, 0.3) is 0 Å². The van der Waals surface area contributed by atoms with E-state index in [1.165, 1.54) is 0 Å². The van der Waals surface area contributed by atoms with Crippen LogP contribution < -0.4 is 0 Å². The van der Waals surface area contributed by atoms with E-state index in [9.17, 15) is 0 Å². The zero-order chi connectivity index (χ0) is 10.8. The molecule has 0 spiro atoms. The molecule has 0 aliphatic carbocycles. The van der Waals surface area contributed by atoms with Gasteiger partial charge in [-0.05, 0) is 0 Å². The van der Waals surface area contributed by atoms with Crippen LogP contribution in [0.25, 0.3) is 0 Å². The molecule has 0 aliphatic heterocycles. The predicted octanol–water partition coefficient (Wildman–Crippen LogP) is 1.000. The Labute approximate surface area is 82.9 Å². The van der Waals surface area contributed by atoms with E-state index in [0.717, 1.165) is 21.4 Å². The van der Waals surface area contributed by atoms with E-state index in [1.54, 1.807) is 0 Å². The van der Waals surface area contributed by atoms with Crippen molar-refractivity contribution < 1.29 is 20.4 Å². The van der Waals surface area contributed by atoms with Crippen molar-refractivity contribution in [2.24, 2.45) is 21.4 Å². The van der Waals surface area contributed by atoms with Gasteiger partial charge in [-0.15, -0.1) is 21.4 Å². The summed E-state index contributed by atoms with van der Waals surface area (Å²) in [5, 5.41) is 36.0. The molecule has 0 N–H and O–H groups in total. The summed E-state index contributed by atoms with van der Waals surface area (Å²) in [5.74, 6) is 0. The molecule has 0 amide bonds. The molecule has 0 heterocycles. The summed E-state index contributed by atoms with van der Waals surface area (Å²) in [6, 6.07) is 0. The van der Waals surface area contributed by atoms with E-state index in [-0.39, 0.29) is 20.4 Å². The second-order valence-corrected chi connectivity index (χ2v) is 0.298. The Hall–Kier alpha value is -1.74. The van der Waals surface area contributed by atoms with Crippen LogP contribution in [-0.4, -0.2) is 0 Å². The van der Waals surface area contributed by atoms with Gasteiger partial charge in [-0.1, -0.05) is 0 Å². The third kappa shape index (κ3) is 232. The average molecular weight is 290 g/mol. The van der Waals surface area contributed by atoms with Crippen LogP contribution >= 0.6 is 0 Å². The quantitative estimate of drug-likeness (QED) is 0.355. The summed E-state index contributed by atoms with van der Waals surface area (Å²) >= 11 is 0. The maximum atomic E-state index is 8.00. The Morgan fingerprint density at radius 2 is 0.538 bits per heavy atom. The van der Waals surface area contributed by atoms with Crippen molar-refractivity contribution in [1.29, 1.82) is 0 Å². The fourth-order valence-corrected chi connectivity index (χ4v) is 0. The Bertz CT molecular complexity index is 70.1. The van der Waals surface area contributed by atoms with Gasteiger partial charge in [-0.25, -0.2) is 0 Å². The van der Waals surface area contributed by atoms with E-state index in [1.807, 2.05) is 0 Å². The smallest absolute Gasteiger partial charge is 0 e. The maximum absolute atomic E-state index is 8.00. The Kier molecular flexibility index (Phi) is 400. The molecule has 0 fully saturated rings. The van der Waals surface area contributed by atoms with Crippen molar-refractivity contribution in [2.75, 3.05) is 0 Å². The third-order valence-electron chi connectivity index (χ3n) is 0. The monoisotopic (exact) mass is 290 g/mol. The largest absolute Gasteiger partial charge is 0.444 e. The zero-order valence-corrected chi connectivity index (χ0v) is 6.93. The first kappa shape index (κ1) is 30.2. The van der Waals surface area contributed by atoms with Crippen molar-refractivity contribution in [2.45, 2.75) is 0 Å². The molecule has 0 aromatic rings. The van der Waals surface area contributed by atoms with Crippen LogP contribution in [0.1, 0.15) is 0 Å². The maximum Gasteiger partial charge on any atom is 0 e. The van der Waals surface area contributed by atoms with Gasteiger partial charge in [0.05, 0.1) is 0 Å². The minimum atomic E-state index is 0. The molecule has 0 unspecified atom stereocenters. The summed E-state index contributed by atoms with van der Waals surface area (Å²) in [5.41, 5.74) is 0. The first-order valence-electron chi connectivity index (χ1n) is 1.46. The van der Waals surface area contributed by atoms with E-state index < -0.39 is 0 Å². The molecule has 0 atom stereocenters. The molecule has 0 radical (unpaired) electrons. The molecule has 0 aromatic heterocycles. The minimum absolute atomic E-state index is 0. The van der Waals surface area contributed by atoms with Crippen LogP contribution in [-0.2, 0) is 20.4 Å². The molecule has 82 valence electrons.